The van der Waals surface area contributed by atoms with Gasteiger partial charge in [0.1, 0.15) is 0 Å². The van der Waals surface area contributed by atoms with E-state index in [1.807, 2.05) is 30.3 Å². The third kappa shape index (κ3) is 3.93. The molecule has 1 aliphatic rings. The highest BCUT2D eigenvalue weighted by molar-refractivity contribution is 6.02. The Morgan fingerprint density at radius 2 is 1.39 bits per heavy atom. The van der Waals surface area contributed by atoms with Crippen LogP contribution in [0.3, 0.4) is 0 Å². The molecule has 1 unspecified atom stereocenters. The van der Waals surface area contributed by atoms with E-state index < -0.39 is 0 Å². The average Bonchev–Trinajstić information content (AvgIpc) is 2.78. The third-order valence-electron chi connectivity index (χ3n) is 7.49. The van der Waals surface area contributed by atoms with Gasteiger partial charge in [0.15, 0.2) is 0 Å². The molecule has 3 nitrogen and oxygen atoms in total. The van der Waals surface area contributed by atoms with Crippen molar-refractivity contribution in [2.45, 2.75) is 46.0 Å². The number of fused-ring (bicyclic) bond motifs is 1. The van der Waals surface area contributed by atoms with Crippen LogP contribution in [0.5, 0.6) is 0 Å². The molecule has 3 atom stereocenters. The number of carbonyl (C=O) groups excluding carboxylic acids is 1. The van der Waals surface area contributed by atoms with Gasteiger partial charge in [0.2, 0.25) is 5.91 Å². The van der Waals surface area contributed by atoms with E-state index in [1.54, 1.807) is 6.20 Å². The van der Waals surface area contributed by atoms with Gasteiger partial charge in [-0.25, -0.2) is 0 Å². The molecule has 0 bridgehead atoms. The molecule has 33 heavy (non-hydrogen) atoms. The first kappa shape index (κ1) is 21.4. The molecule has 1 heterocycles. The van der Waals surface area contributed by atoms with Gasteiger partial charge in [0.25, 0.3) is 0 Å². The average molecular weight is 435 g/mol. The largest absolute Gasteiger partial charge is 0.324 e. The maximum absolute atomic E-state index is 13.8. The van der Waals surface area contributed by atoms with Crippen molar-refractivity contribution in [3.63, 3.8) is 0 Å². The van der Waals surface area contributed by atoms with Crippen molar-refractivity contribution in [1.29, 1.82) is 0 Å². The van der Waals surface area contributed by atoms with E-state index in [0.29, 0.717) is 0 Å². The summed E-state index contributed by atoms with van der Waals surface area (Å²) < 4.78 is 0. The Hall–Kier alpha value is -3.46. The highest BCUT2D eigenvalue weighted by Crippen LogP contribution is 2.53. The Balaban J connectivity index is 1.50. The number of para-hydroxylation sites is 1. The van der Waals surface area contributed by atoms with Gasteiger partial charge < -0.3 is 5.32 Å². The number of pyridine rings is 1. The van der Waals surface area contributed by atoms with Gasteiger partial charge in [-0.2, -0.15) is 0 Å². The zero-order valence-corrected chi connectivity index (χ0v) is 19.7. The van der Waals surface area contributed by atoms with Crippen LogP contribution in [-0.2, 0) is 4.79 Å². The zero-order valence-electron chi connectivity index (χ0n) is 19.7. The normalized spacial score (nSPS) is 19.8. The minimum atomic E-state index is -0.117. The molecule has 5 rings (SSSR count). The van der Waals surface area contributed by atoms with Crippen LogP contribution in [0, 0.1) is 33.6 Å². The molecule has 0 aliphatic heterocycles. The van der Waals surface area contributed by atoms with E-state index in [9.17, 15) is 4.79 Å². The van der Waals surface area contributed by atoms with Gasteiger partial charge in [0.05, 0.1) is 17.1 Å². The summed E-state index contributed by atoms with van der Waals surface area (Å²) >= 11 is 0. The van der Waals surface area contributed by atoms with Gasteiger partial charge in [-0.1, -0.05) is 54.6 Å². The molecule has 1 aliphatic carbocycles. The Morgan fingerprint density at radius 3 is 2.00 bits per heavy atom. The minimum absolute atomic E-state index is 0.0749. The second kappa shape index (κ2) is 8.47. The molecule has 1 N–H and O–H groups in total. The minimum Gasteiger partial charge on any atom is -0.324 e. The topological polar surface area (TPSA) is 42.0 Å². The number of hydrogen-bond acceptors (Lipinski definition) is 2. The number of hydrogen-bond donors (Lipinski definition) is 1. The summed E-state index contributed by atoms with van der Waals surface area (Å²) in [6.07, 6.45) is 2.76. The summed E-state index contributed by atoms with van der Waals surface area (Å²) in [6.45, 7) is 8.56. The summed E-state index contributed by atoms with van der Waals surface area (Å²) in [6, 6.07) is 23.2. The lowest BCUT2D eigenvalue weighted by molar-refractivity contribution is -0.124. The SMILES string of the molecule is Cc1ccc([C@H]2C[C@@H](c3ccc(C)c(C)c3)C2C(=O)Nc2cccc3cccnc23)cc1C. The van der Waals surface area contributed by atoms with E-state index in [4.69, 9.17) is 0 Å². The zero-order chi connectivity index (χ0) is 23.1. The highest BCUT2D eigenvalue weighted by atomic mass is 16.2. The molecule has 0 saturated heterocycles. The number of carbonyl (C=O) groups is 1. The van der Waals surface area contributed by atoms with Crippen LogP contribution in [0.15, 0.2) is 72.9 Å². The second-order valence-corrected chi connectivity index (χ2v) is 9.53. The van der Waals surface area contributed by atoms with Crippen LogP contribution < -0.4 is 5.32 Å². The van der Waals surface area contributed by atoms with E-state index in [2.05, 4.69) is 74.4 Å². The molecule has 1 amide bonds. The van der Waals surface area contributed by atoms with Gasteiger partial charge >= 0.3 is 0 Å². The Bertz CT molecular complexity index is 1290. The lowest BCUT2D eigenvalue weighted by Crippen LogP contribution is -2.42. The van der Waals surface area contributed by atoms with Crippen molar-refractivity contribution in [3.05, 3.63) is 106 Å². The van der Waals surface area contributed by atoms with Crippen LogP contribution >= 0.6 is 0 Å². The quantitative estimate of drug-likeness (QED) is 0.376. The fraction of sp³-hybridized carbons (Fsp3) is 0.267. The molecule has 0 radical (unpaired) electrons. The first-order valence-electron chi connectivity index (χ1n) is 11.7. The first-order chi connectivity index (χ1) is 15.9. The fourth-order valence-corrected chi connectivity index (χ4v) is 5.12. The van der Waals surface area contributed by atoms with Crippen molar-refractivity contribution in [3.8, 4) is 0 Å². The molecule has 3 aromatic carbocycles. The third-order valence-corrected chi connectivity index (χ3v) is 7.49. The van der Waals surface area contributed by atoms with Crippen molar-refractivity contribution >= 4 is 22.5 Å². The first-order valence-corrected chi connectivity index (χ1v) is 11.7. The maximum atomic E-state index is 13.8. The number of anilines is 1. The Labute approximate surface area is 195 Å². The maximum Gasteiger partial charge on any atom is 0.228 e. The number of nitrogens with zero attached hydrogens (tertiary/aromatic N) is 1. The summed E-state index contributed by atoms with van der Waals surface area (Å²) in [4.78, 5) is 18.3. The van der Waals surface area contributed by atoms with Crippen molar-refractivity contribution in [2.75, 3.05) is 5.32 Å². The van der Waals surface area contributed by atoms with Crippen LogP contribution in [0.1, 0.15) is 51.6 Å². The van der Waals surface area contributed by atoms with Crippen LogP contribution in [-0.4, -0.2) is 10.9 Å². The summed E-state index contributed by atoms with van der Waals surface area (Å²) in [5.41, 5.74) is 9.25. The van der Waals surface area contributed by atoms with Gasteiger partial charge in [0, 0.05) is 11.6 Å². The predicted molar refractivity (Wildman–Crippen MR) is 136 cm³/mol. The summed E-state index contributed by atoms with van der Waals surface area (Å²) in [7, 11) is 0. The summed E-state index contributed by atoms with van der Waals surface area (Å²) in [5, 5.41) is 4.26. The number of aromatic nitrogens is 1. The lowest BCUT2D eigenvalue weighted by atomic mass is 9.59. The number of amides is 1. The van der Waals surface area contributed by atoms with Crippen LogP contribution in [0.2, 0.25) is 0 Å². The molecule has 1 saturated carbocycles. The van der Waals surface area contributed by atoms with E-state index in [-0.39, 0.29) is 23.7 Å². The van der Waals surface area contributed by atoms with Crippen LogP contribution in [0.25, 0.3) is 10.9 Å². The van der Waals surface area contributed by atoms with Gasteiger partial charge in [-0.15, -0.1) is 0 Å². The predicted octanol–water partition coefficient (Wildman–Crippen LogP) is 6.99. The molecular formula is C30H30N2O. The molecule has 3 heteroatoms. The standard InChI is InChI=1S/C30H30N2O/c1-18-10-12-23(15-20(18)3)25-17-26(24-13-11-19(2)21(4)16-24)28(25)30(33)32-27-9-5-7-22-8-6-14-31-29(22)27/h5-16,25-26,28H,17H2,1-4H3,(H,32,33)/t25-,26+,28?. The van der Waals surface area contributed by atoms with Crippen molar-refractivity contribution in [1.82, 2.24) is 4.98 Å². The molecular weight excluding hydrogens is 404 g/mol. The Morgan fingerprint density at radius 1 is 0.788 bits per heavy atom. The molecule has 1 fully saturated rings. The number of nitrogens with one attached hydrogen (secondary N) is 1. The molecule has 166 valence electrons. The van der Waals surface area contributed by atoms with Crippen molar-refractivity contribution < 1.29 is 4.79 Å². The fourth-order valence-electron chi connectivity index (χ4n) is 5.12. The number of aryl methyl sites for hydroxylation is 4. The monoisotopic (exact) mass is 434 g/mol. The number of benzene rings is 3. The van der Waals surface area contributed by atoms with Gasteiger partial charge in [-0.05, 0) is 91.5 Å². The molecule has 0 spiro atoms. The molecule has 1 aromatic heterocycles. The molecule has 4 aromatic rings. The smallest absolute Gasteiger partial charge is 0.228 e. The van der Waals surface area contributed by atoms with Crippen LogP contribution in [0.4, 0.5) is 5.69 Å². The second-order valence-electron chi connectivity index (χ2n) is 9.53. The van der Waals surface area contributed by atoms with Gasteiger partial charge in [-0.3, -0.25) is 9.78 Å². The van der Waals surface area contributed by atoms with E-state index >= 15 is 0 Å². The highest BCUT2D eigenvalue weighted by Gasteiger charge is 2.47. The van der Waals surface area contributed by atoms with E-state index in [1.165, 1.54) is 33.4 Å². The summed E-state index contributed by atoms with van der Waals surface area (Å²) in [5.74, 6) is 0.372. The van der Waals surface area contributed by atoms with Crippen molar-refractivity contribution in [2.24, 2.45) is 5.92 Å². The Kier molecular flexibility index (Phi) is 5.49. The lowest BCUT2D eigenvalue weighted by Gasteiger charge is -2.44. The number of rotatable bonds is 4. The van der Waals surface area contributed by atoms with E-state index in [0.717, 1.165) is 23.0 Å².